The molecule has 4 aromatic rings. The molecule has 38 heavy (non-hydrogen) atoms. The molecule has 11 heteroatoms. The molecular formula is C27H13F7O4. The van der Waals surface area contributed by atoms with Gasteiger partial charge in [0.05, 0.1) is 0 Å². The molecule has 0 heterocycles. The maximum absolute atomic E-state index is 14.4. The number of ether oxygens (including phenoxy) is 2. The molecule has 0 saturated heterocycles. The van der Waals surface area contributed by atoms with E-state index in [0.29, 0.717) is 17.7 Å². The lowest BCUT2D eigenvalue weighted by Gasteiger charge is -2.09. The van der Waals surface area contributed by atoms with Crippen LogP contribution in [-0.4, -0.2) is 11.9 Å². The second-order valence-electron chi connectivity index (χ2n) is 7.80. The highest BCUT2D eigenvalue weighted by Crippen LogP contribution is 2.29. The van der Waals surface area contributed by atoms with Crippen LogP contribution >= 0.6 is 0 Å². The predicted octanol–water partition coefficient (Wildman–Crippen LogP) is 6.90. The van der Waals surface area contributed by atoms with E-state index >= 15 is 0 Å². The average Bonchev–Trinajstić information content (AvgIpc) is 2.85. The van der Waals surface area contributed by atoms with E-state index in [1.54, 1.807) is 0 Å². The maximum Gasteiger partial charge on any atom is 0.322 e. The highest BCUT2D eigenvalue weighted by molar-refractivity contribution is 5.93. The van der Waals surface area contributed by atoms with Gasteiger partial charge >= 0.3 is 11.9 Å². The zero-order chi connectivity index (χ0) is 27.6. The minimum Gasteiger partial charge on any atom is -0.426 e. The monoisotopic (exact) mass is 534 g/mol. The first kappa shape index (κ1) is 26.4. The molecule has 0 bridgehead atoms. The van der Waals surface area contributed by atoms with Crippen LogP contribution in [0.25, 0.3) is 22.3 Å². The molecule has 0 aromatic heterocycles. The highest BCUT2D eigenvalue weighted by atomic mass is 19.2. The van der Waals surface area contributed by atoms with Crippen molar-refractivity contribution in [3.8, 4) is 33.8 Å². The van der Waals surface area contributed by atoms with Crippen LogP contribution in [0.4, 0.5) is 30.7 Å². The second-order valence-corrected chi connectivity index (χ2v) is 7.80. The number of halogens is 7. The molecule has 4 rings (SSSR count). The maximum atomic E-state index is 14.4. The fourth-order valence-electron chi connectivity index (χ4n) is 3.39. The highest BCUT2D eigenvalue weighted by Gasteiger charge is 2.18. The van der Waals surface area contributed by atoms with Gasteiger partial charge in [-0.25, -0.2) is 30.7 Å². The van der Waals surface area contributed by atoms with E-state index in [1.165, 1.54) is 24.3 Å². The van der Waals surface area contributed by atoms with Gasteiger partial charge in [0.2, 0.25) is 0 Å². The van der Waals surface area contributed by atoms with Gasteiger partial charge in [-0.3, -0.25) is 9.59 Å². The summed E-state index contributed by atoms with van der Waals surface area (Å²) < 4.78 is 104. The van der Waals surface area contributed by atoms with E-state index < -0.39 is 59.1 Å². The van der Waals surface area contributed by atoms with Crippen molar-refractivity contribution in [1.29, 1.82) is 0 Å². The van der Waals surface area contributed by atoms with Gasteiger partial charge in [0.25, 0.3) is 0 Å². The fourth-order valence-corrected chi connectivity index (χ4v) is 3.39. The molecule has 0 aliphatic heterocycles. The van der Waals surface area contributed by atoms with Crippen LogP contribution in [0.5, 0.6) is 11.5 Å². The van der Waals surface area contributed by atoms with E-state index in [0.717, 1.165) is 30.3 Å². The Hall–Kier alpha value is -4.67. The van der Waals surface area contributed by atoms with Gasteiger partial charge in [-0.2, -0.15) is 0 Å². The van der Waals surface area contributed by atoms with Crippen molar-refractivity contribution in [3.63, 3.8) is 0 Å². The smallest absolute Gasteiger partial charge is 0.322 e. The molecule has 0 fully saturated rings. The molecule has 0 aliphatic carbocycles. The number of hydrogen-bond donors (Lipinski definition) is 0. The predicted molar refractivity (Wildman–Crippen MR) is 119 cm³/mol. The molecule has 0 spiro atoms. The Kier molecular flexibility index (Phi) is 7.47. The van der Waals surface area contributed by atoms with E-state index in [2.05, 4.69) is 0 Å². The normalized spacial score (nSPS) is 10.8. The molecule has 0 N–H and O–H groups in total. The Morgan fingerprint density at radius 1 is 0.500 bits per heavy atom. The number of carbonyl (C=O) groups excluding carboxylic acids is 2. The third-order valence-electron chi connectivity index (χ3n) is 5.16. The molecule has 0 radical (unpaired) electrons. The van der Waals surface area contributed by atoms with Crippen molar-refractivity contribution in [2.45, 2.75) is 6.42 Å². The summed E-state index contributed by atoms with van der Waals surface area (Å²) in [5.74, 6) is -12.6. The number of esters is 2. The Balaban J connectivity index is 1.37. The van der Waals surface area contributed by atoms with Crippen molar-refractivity contribution >= 4 is 11.9 Å². The molecule has 0 saturated carbocycles. The molecule has 194 valence electrons. The summed E-state index contributed by atoms with van der Waals surface area (Å²) in [6, 6.07) is 10.9. The molecule has 0 aliphatic rings. The Bertz CT molecular complexity index is 1510. The summed E-state index contributed by atoms with van der Waals surface area (Å²) >= 11 is 0. The van der Waals surface area contributed by atoms with Gasteiger partial charge in [-0.15, -0.1) is 0 Å². The zero-order valence-corrected chi connectivity index (χ0v) is 18.8. The Morgan fingerprint density at radius 2 is 0.947 bits per heavy atom. The molecule has 4 aromatic carbocycles. The lowest BCUT2D eigenvalue weighted by atomic mass is 10.0. The lowest BCUT2D eigenvalue weighted by molar-refractivity contribution is -0.144. The fraction of sp³-hybridized carbons (Fsp3) is 0.0370. The summed E-state index contributed by atoms with van der Waals surface area (Å²) in [6.07, 6.45) is -0.881. The van der Waals surface area contributed by atoms with Crippen LogP contribution in [0.3, 0.4) is 0 Å². The van der Waals surface area contributed by atoms with E-state index in [1.807, 2.05) is 0 Å². The number of benzene rings is 4. The van der Waals surface area contributed by atoms with Crippen LogP contribution in [0, 0.1) is 40.7 Å². The largest absolute Gasteiger partial charge is 0.426 e. The van der Waals surface area contributed by atoms with Gasteiger partial charge < -0.3 is 9.47 Å². The molecule has 0 atom stereocenters. The van der Waals surface area contributed by atoms with Crippen LogP contribution < -0.4 is 9.47 Å². The SMILES string of the molecule is O=C(CC(=O)Oc1ccc(-c2cc(F)c(F)c(F)c2)c(F)c1)Oc1ccc(-c2cc(F)c(F)c(F)c2)cc1. The minimum absolute atomic E-state index is 0.0243. The third-order valence-corrected chi connectivity index (χ3v) is 5.16. The van der Waals surface area contributed by atoms with Gasteiger partial charge in [0, 0.05) is 11.6 Å². The minimum atomic E-state index is -1.71. The third kappa shape index (κ3) is 5.83. The quantitative estimate of drug-likeness (QED) is 0.0889. The van der Waals surface area contributed by atoms with E-state index in [4.69, 9.17) is 9.47 Å². The zero-order valence-electron chi connectivity index (χ0n) is 18.8. The van der Waals surface area contributed by atoms with Crippen molar-refractivity contribution in [2.24, 2.45) is 0 Å². The lowest BCUT2D eigenvalue weighted by Crippen LogP contribution is -2.18. The van der Waals surface area contributed by atoms with Crippen LogP contribution in [0.2, 0.25) is 0 Å². The first-order valence-electron chi connectivity index (χ1n) is 10.6. The molecule has 0 amide bonds. The van der Waals surface area contributed by atoms with Gasteiger partial charge in [-0.05, 0) is 65.2 Å². The summed E-state index contributed by atoms with van der Waals surface area (Å²) in [5.41, 5.74) is -0.257. The summed E-state index contributed by atoms with van der Waals surface area (Å²) in [5, 5.41) is 0. The van der Waals surface area contributed by atoms with Gasteiger partial charge in [-0.1, -0.05) is 12.1 Å². The van der Waals surface area contributed by atoms with Crippen molar-refractivity contribution < 1.29 is 49.8 Å². The van der Waals surface area contributed by atoms with Gasteiger partial charge in [0.15, 0.2) is 34.9 Å². The standard InChI is InChI=1S/C27H13F7O4/c28-19-11-17(5-6-18(19)15-9-22(31)27(34)23(32)10-15)38-25(36)12-24(35)37-16-3-1-13(2-4-16)14-7-20(29)26(33)21(30)8-14/h1-11H,12H2. The summed E-state index contributed by atoms with van der Waals surface area (Å²) in [6.45, 7) is 0. The molecular weight excluding hydrogens is 521 g/mol. The Morgan fingerprint density at radius 3 is 1.45 bits per heavy atom. The van der Waals surface area contributed by atoms with Crippen LogP contribution in [-0.2, 0) is 9.59 Å². The van der Waals surface area contributed by atoms with Gasteiger partial charge in [0.1, 0.15) is 23.7 Å². The number of hydrogen-bond acceptors (Lipinski definition) is 4. The van der Waals surface area contributed by atoms with Crippen LogP contribution in [0.15, 0.2) is 66.7 Å². The first-order chi connectivity index (χ1) is 18.0. The van der Waals surface area contributed by atoms with Crippen LogP contribution in [0.1, 0.15) is 6.42 Å². The van der Waals surface area contributed by atoms with Crippen molar-refractivity contribution in [2.75, 3.05) is 0 Å². The van der Waals surface area contributed by atoms with E-state index in [9.17, 15) is 40.3 Å². The Labute approximate surface area is 209 Å². The topological polar surface area (TPSA) is 52.6 Å². The molecule has 4 nitrogen and oxygen atoms in total. The average molecular weight is 534 g/mol. The van der Waals surface area contributed by atoms with Crippen molar-refractivity contribution in [1.82, 2.24) is 0 Å². The van der Waals surface area contributed by atoms with E-state index in [-0.39, 0.29) is 28.2 Å². The number of carbonyl (C=O) groups is 2. The summed E-state index contributed by atoms with van der Waals surface area (Å²) in [4.78, 5) is 24.1. The summed E-state index contributed by atoms with van der Waals surface area (Å²) in [7, 11) is 0. The number of rotatable bonds is 6. The second kappa shape index (κ2) is 10.8. The molecule has 0 unspecified atom stereocenters. The van der Waals surface area contributed by atoms with Crippen molar-refractivity contribution in [3.05, 3.63) is 107 Å². The first-order valence-corrected chi connectivity index (χ1v) is 10.6.